The molecule has 0 saturated carbocycles. The van der Waals surface area contributed by atoms with E-state index in [4.69, 9.17) is 10.6 Å². The molecule has 64 valence electrons. The summed E-state index contributed by atoms with van der Waals surface area (Å²) in [5.74, 6) is 0.371. The van der Waals surface area contributed by atoms with E-state index in [-0.39, 0.29) is 0 Å². The van der Waals surface area contributed by atoms with E-state index in [2.05, 4.69) is 4.52 Å². The fraction of sp³-hybridized carbons (Fsp3) is 0.143. The van der Waals surface area contributed by atoms with Crippen molar-refractivity contribution in [2.45, 2.75) is 6.54 Å². The highest BCUT2D eigenvalue weighted by atomic mass is 31.1. The molecule has 0 fully saturated rings. The molecule has 0 aliphatic rings. The Kier molecular flexibility index (Phi) is 3.17. The highest BCUT2D eigenvalue weighted by Gasteiger charge is 2.13. The molecule has 1 atom stereocenters. The third-order valence-corrected chi connectivity index (χ3v) is 1.71. The van der Waals surface area contributed by atoms with Gasteiger partial charge in [0.2, 0.25) is 0 Å². The molecule has 1 aromatic rings. The molecule has 4 nitrogen and oxygen atoms in total. The van der Waals surface area contributed by atoms with E-state index in [9.17, 15) is 4.57 Å². The molecule has 0 bridgehead atoms. The maximum Gasteiger partial charge on any atom is 0.747 e. The van der Waals surface area contributed by atoms with E-state index in [1.165, 1.54) is 0 Å². The molecule has 12 heavy (non-hydrogen) atoms. The van der Waals surface area contributed by atoms with Crippen LogP contribution in [-0.4, -0.2) is 4.89 Å². The van der Waals surface area contributed by atoms with Crippen LogP contribution in [0.5, 0.6) is 5.75 Å². The van der Waals surface area contributed by atoms with Gasteiger partial charge in [0.05, 0.1) is 0 Å². The van der Waals surface area contributed by atoms with Crippen molar-refractivity contribution >= 4 is 8.25 Å². The smallest absolute Gasteiger partial charge is 0.326 e. The highest BCUT2D eigenvalue weighted by Crippen LogP contribution is 2.22. The first-order valence-corrected chi connectivity index (χ1v) is 4.48. The van der Waals surface area contributed by atoms with Crippen LogP contribution in [0.15, 0.2) is 24.3 Å². The third kappa shape index (κ3) is 2.58. The summed E-state index contributed by atoms with van der Waals surface area (Å²) >= 11 is 0. The van der Waals surface area contributed by atoms with Crippen molar-refractivity contribution in [1.29, 1.82) is 0 Å². The van der Waals surface area contributed by atoms with Crippen molar-refractivity contribution < 1.29 is 14.0 Å². The van der Waals surface area contributed by atoms with Gasteiger partial charge in [0.15, 0.2) is 5.75 Å². The molecule has 5 heteroatoms. The molecule has 3 N–H and O–H groups in total. The topological polar surface area (TPSA) is 72.5 Å². The fourth-order valence-electron chi connectivity index (χ4n) is 0.777. The van der Waals surface area contributed by atoms with Crippen LogP contribution >= 0.6 is 8.25 Å². The predicted molar refractivity (Wildman–Crippen MR) is 44.8 cm³/mol. The SMILES string of the molecule is NCc1ccc(O[P+](=O)O)cc1. The molecule has 0 amide bonds. The minimum atomic E-state index is -2.57. The van der Waals surface area contributed by atoms with Gasteiger partial charge in [-0.05, 0) is 17.7 Å². The number of hydrogen-bond acceptors (Lipinski definition) is 3. The first-order chi connectivity index (χ1) is 5.72. The van der Waals surface area contributed by atoms with Crippen LogP contribution < -0.4 is 10.3 Å². The molecule has 0 saturated heterocycles. The number of benzene rings is 1. The molecule has 0 spiro atoms. The molecular weight excluding hydrogens is 177 g/mol. The number of hydrogen-bond donors (Lipinski definition) is 2. The quantitative estimate of drug-likeness (QED) is 0.695. The van der Waals surface area contributed by atoms with Crippen LogP contribution in [-0.2, 0) is 11.1 Å². The Morgan fingerprint density at radius 2 is 2.00 bits per heavy atom. The highest BCUT2D eigenvalue weighted by molar-refractivity contribution is 7.32. The normalized spacial score (nSPS) is 11.0. The largest absolute Gasteiger partial charge is 0.747 e. The van der Waals surface area contributed by atoms with Crippen molar-refractivity contribution in [1.82, 2.24) is 0 Å². The van der Waals surface area contributed by atoms with E-state index in [0.717, 1.165) is 5.56 Å². The zero-order chi connectivity index (χ0) is 8.97. The molecule has 1 rings (SSSR count). The second-order valence-electron chi connectivity index (χ2n) is 2.18. The van der Waals surface area contributed by atoms with Crippen molar-refractivity contribution in [2.75, 3.05) is 0 Å². The zero-order valence-electron chi connectivity index (χ0n) is 6.30. The lowest BCUT2D eigenvalue weighted by atomic mass is 10.2. The Labute approximate surface area is 70.9 Å². The van der Waals surface area contributed by atoms with Gasteiger partial charge in [-0.15, -0.1) is 4.89 Å². The molecule has 0 heterocycles. The van der Waals surface area contributed by atoms with E-state index in [1.807, 2.05) is 0 Å². The minimum absolute atomic E-state index is 0.371. The number of nitrogens with two attached hydrogens (primary N) is 1. The van der Waals surface area contributed by atoms with Crippen molar-refractivity contribution in [3.05, 3.63) is 29.8 Å². The van der Waals surface area contributed by atoms with Gasteiger partial charge in [0, 0.05) is 11.1 Å². The Bertz CT molecular complexity index is 272. The molecule has 0 radical (unpaired) electrons. The average molecular weight is 186 g/mol. The maximum absolute atomic E-state index is 10.2. The molecule has 1 aromatic carbocycles. The lowest BCUT2D eigenvalue weighted by Crippen LogP contribution is -1.95. The summed E-state index contributed by atoms with van der Waals surface area (Å²) in [6.45, 7) is 0.450. The van der Waals surface area contributed by atoms with Gasteiger partial charge in [0.25, 0.3) is 0 Å². The minimum Gasteiger partial charge on any atom is -0.326 e. The first kappa shape index (κ1) is 9.13. The summed E-state index contributed by atoms with van der Waals surface area (Å²) in [7, 11) is -2.57. The second-order valence-corrected chi connectivity index (χ2v) is 2.84. The molecule has 1 unspecified atom stereocenters. The van der Waals surface area contributed by atoms with Gasteiger partial charge in [-0.2, -0.15) is 0 Å². The van der Waals surface area contributed by atoms with Crippen LogP contribution in [0.3, 0.4) is 0 Å². The van der Waals surface area contributed by atoms with Gasteiger partial charge in [-0.1, -0.05) is 12.1 Å². The lowest BCUT2D eigenvalue weighted by molar-refractivity contribution is 0.410. The monoisotopic (exact) mass is 186 g/mol. The van der Waals surface area contributed by atoms with Crippen molar-refractivity contribution in [2.24, 2.45) is 5.73 Å². The second kappa shape index (κ2) is 4.16. The van der Waals surface area contributed by atoms with Crippen LogP contribution in [0.1, 0.15) is 5.56 Å². The summed E-state index contributed by atoms with van der Waals surface area (Å²) in [5.41, 5.74) is 6.31. The maximum atomic E-state index is 10.2. The average Bonchev–Trinajstić information content (AvgIpc) is 2.05. The predicted octanol–water partition coefficient (Wildman–Crippen LogP) is 1.17. The number of rotatable bonds is 3. The van der Waals surface area contributed by atoms with Crippen LogP contribution in [0.4, 0.5) is 0 Å². The van der Waals surface area contributed by atoms with Crippen molar-refractivity contribution in [3.63, 3.8) is 0 Å². The molecule has 0 aromatic heterocycles. The van der Waals surface area contributed by atoms with Crippen LogP contribution in [0.2, 0.25) is 0 Å². The Hall–Kier alpha value is -0.960. The van der Waals surface area contributed by atoms with Gasteiger partial charge >= 0.3 is 8.25 Å². The first-order valence-electron chi connectivity index (χ1n) is 3.35. The van der Waals surface area contributed by atoms with Gasteiger partial charge in [-0.25, -0.2) is 4.52 Å². The van der Waals surface area contributed by atoms with Gasteiger partial charge in [0.1, 0.15) is 0 Å². The summed E-state index contributed by atoms with van der Waals surface area (Å²) in [6.07, 6.45) is 0. The van der Waals surface area contributed by atoms with Gasteiger partial charge in [-0.3, -0.25) is 0 Å². The van der Waals surface area contributed by atoms with Gasteiger partial charge < -0.3 is 5.73 Å². The summed E-state index contributed by atoms with van der Waals surface area (Å²) < 4.78 is 14.8. The van der Waals surface area contributed by atoms with E-state index < -0.39 is 8.25 Å². The Morgan fingerprint density at radius 1 is 1.42 bits per heavy atom. The third-order valence-electron chi connectivity index (χ3n) is 1.34. The van der Waals surface area contributed by atoms with Crippen LogP contribution in [0, 0.1) is 0 Å². The lowest BCUT2D eigenvalue weighted by Gasteiger charge is -1.94. The van der Waals surface area contributed by atoms with E-state index in [1.54, 1.807) is 24.3 Å². The van der Waals surface area contributed by atoms with Crippen molar-refractivity contribution in [3.8, 4) is 5.75 Å². The van der Waals surface area contributed by atoms with E-state index >= 15 is 0 Å². The molecule has 0 aliphatic heterocycles. The fourth-order valence-corrected chi connectivity index (χ4v) is 1.08. The Balaban J connectivity index is 2.71. The molecular formula is C7H9NO3P+. The standard InChI is InChI=1S/C7H8NO3P/c8-5-6-1-3-7(4-2-6)11-12(9)10/h1-4H,5,8H2/p+1. The summed E-state index contributed by atoms with van der Waals surface area (Å²) in [5, 5.41) is 0. The summed E-state index contributed by atoms with van der Waals surface area (Å²) in [6, 6.07) is 6.69. The Morgan fingerprint density at radius 3 is 2.42 bits per heavy atom. The zero-order valence-corrected chi connectivity index (χ0v) is 7.20. The molecule has 0 aliphatic carbocycles. The summed E-state index contributed by atoms with van der Waals surface area (Å²) in [4.78, 5) is 8.39. The van der Waals surface area contributed by atoms with Crippen LogP contribution in [0.25, 0.3) is 0 Å². The van der Waals surface area contributed by atoms with E-state index in [0.29, 0.717) is 12.3 Å².